The molecule has 0 radical (unpaired) electrons. The molecule has 2 saturated carbocycles. The number of aromatic nitrogens is 1. The fourth-order valence-electron chi connectivity index (χ4n) is 4.33. The quantitative estimate of drug-likeness (QED) is 0.814. The van der Waals surface area contributed by atoms with Crippen molar-refractivity contribution in [3.8, 4) is 6.07 Å². The van der Waals surface area contributed by atoms with E-state index < -0.39 is 6.04 Å². The van der Waals surface area contributed by atoms with Gasteiger partial charge in [-0.2, -0.15) is 5.26 Å². The Labute approximate surface area is 169 Å². The van der Waals surface area contributed by atoms with Crippen LogP contribution in [0.25, 0.3) is 10.9 Å². The highest BCUT2D eigenvalue weighted by Gasteiger charge is 2.37. The number of hydrogen-bond donors (Lipinski definition) is 2. The van der Waals surface area contributed by atoms with Gasteiger partial charge in [0.1, 0.15) is 17.6 Å². The zero-order chi connectivity index (χ0) is 20.5. The zero-order valence-electron chi connectivity index (χ0n) is 16.5. The molecule has 2 aromatic rings. The van der Waals surface area contributed by atoms with E-state index >= 15 is 0 Å². The topological polar surface area (TPSA) is 86.9 Å². The summed E-state index contributed by atoms with van der Waals surface area (Å²) in [5.41, 5.74) is 1.08. The Bertz CT molecular complexity index is 989. The molecule has 0 spiro atoms. The summed E-state index contributed by atoms with van der Waals surface area (Å²) < 4.78 is 15.2. The summed E-state index contributed by atoms with van der Waals surface area (Å²) in [6, 6.07) is 7.64. The highest BCUT2D eigenvalue weighted by Crippen LogP contribution is 2.33. The van der Waals surface area contributed by atoms with Crippen molar-refractivity contribution in [2.75, 3.05) is 0 Å². The maximum Gasteiger partial charge on any atom is 0.268 e. The molecular weight excluding hydrogens is 371 g/mol. The highest BCUT2D eigenvalue weighted by molar-refractivity contribution is 5.99. The van der Waals surface area contributed by atoms with Gasteiger partial charge < -0.3 is 15.2 Å². The molecule has 2 aliphatic rings. The lowest BCUT2D eigenvalue weighted by molar-refractivity contribution is -0.127. The van der Waals surface area contributed by atoms with Crippen LogP contribution in [-0.2, 0) is 11.8 Å². The number of nitrogens with one attached hydrogen (secondary N) is 2. The first-order chi connectivity index (χ1) is 14.0. The first-order valence-corrected chi connectivity index (χ1v) is 10.2. The Balaban J connectivity index is 1.49. The molecule has 0 aliphatic heterocycles. The summed E-state index contributed by atoms with van der Waals surface area (Å²) in [7, 11) is 1.73. The molecular formula is C22H25FN4O2. The van der Waals surface area contributed by atoms with E-state index in [9.17, 15) is 19.2 Å². The molecule has 2 amide bonds. The van der Waals surface area contributed by atoms with Crippen LogP contribution in [0.3, 0.4) is 0 Å². The van der Waals surface area contributed by atoms with Gasteiger partial charge in [-0.25, -0.2) is 4.39 Å². The summed E-state index contributed by atoms with van der Waals surface area (Å²) in [5.74, 6) is -0.844. The van der Waals surface area contributed by atoms with Gasteiger partial charge in [0.15, 0.2) is 0 Å². The molecule has 152 valence electrons. The van der Waals surface area contributed by atoms with E-state index in [1.165, 1.54) is 12.1 Å². The van der Waals surface area contributed by atoms with Crippen LogP contribution in [0.15, 0.2) is 24.3 Å². The van der Waals surface area contributed by atoms with Crippen LogP contribution in [0.5, 0.6) is 0 Å². The minimum Gasteiger partial charge on any atom is -0.347 e. The number of aryl methyl sites for hydroxylation is 1. The zero-order valence-corrected chi connectivity index (χ0v) is 16.5. The molecule has 1 heterocycles. The second-order valence-corrected chi connectivity index (χ2v) is 8.22. The number of nitriles is 1. The predicted molar refractivity (Wildman–Crippen MR) is 106 cm³/mol. The van der Waals surface area contributed by atoms with Gasteiger partial charge in [-0.05, 0) is 55.9 Å². The van der Waals surface area contributed by atoms with E-state index in [1.807, 2.05) is 0 Å². The smallest absolute Gasteiger partial charge is 0.268 e. The number of halogens is 1. The maximum atomic E-state index is 13.6. The molecule has 0 saturated heterocycles. The van der Waals surface area contributed by atoms with Crippen LogP contribution in [0.2, 0.25) is 0 Å². The molecule has 2 fully saturated rings. The van der Waals surface area contributed by atoms with E-state index in [0.29, 0.717) is 17.6 Å². The van der Waals surface area contributed by atoms with E-state index in [-0.39, 0.29) is 35.5 Å². The van der Waals surface area contributed by atoms with Crippen molar-refractivity contribution in [3.63, 3.8) is 0 Å². The fraction of sp³-hybridized carbons (Fsp3) is 0.500. The normalized spacial score (nSPS) is 22.7. The monoisotopic (exact) mass is 396 g/mol. The largest absolute Gasteiger partial charge is 0.347 e. The van der Waals surface area contributed by atoms with Crippen LogP contribution in [0, 0.1) is 29.0 Å². The summed E-state index contributed by atoms with van der Waals surface area (Å²) in [6.45, 7) is 0. The average Bonchev–Trinajstić information content (AvgIpc) is 3.51. The predicted octanol–water partition coefficient (Wildman–Crippen LogP) is 3.02. The van der Waals surface area contributed by atoms with Crippen LogP contribution in [0.1, 0.15) is 49.0 Å². The highest BCUT2D eigenvalue weighted by atomic mass is 19.1. The Hall–Kier alpha value is -2.88. The minimum absolute atomic E-state index is 0.146. The Kier molecular flexibility index (Phi) is 5.27. The van der Waals surface area contributed by atoms with Crippen molar-refractivity contribution >= 4 is 22.7 Å². The SMILES string of the molecule is Cn1c(C(=O)N[C@H]2CCCC[C@H]2C(=O)N[C@H](C#N)C2CC2)cc2ccc(F)cc21. The van der Waals surface area contributed by atoms with Crippen LogP contribution in [-0.4, -0.2) is 28.5 Å². The van der Waals surface area contributed by atoms with E-state index in [1.54, 1.807) is 23.7 Å². The van der Waals surface area contributed by atoms with Gasteiger partial charge in [0.25, 0.3) is 5.91 Å². The molecule has 29 heavy (non-hydrogen) atoms. The Morgan fingerprint density at radius 1 is 1.21 bits per heavy atom. The molecule has 0 unspecified atom stereocenters. The number of amides is 2. The number of carbonyl (C=O) groups is 2. The molecule has 6 nitrogen and oxygen atoms in total. The van der Waals surface area contributed by atoms with Crippen molar-refractivity contribution in [3.05, 3.63) is 35.8 Å². The summed E-state index contributed by atoms with van der Waals surface area (Å²) in [5, 5.41) is 16.0. The lowest BCUT2D eigenvalue weighted by Crippen LogP contribution is -2.50. The van der Waals surface area contributed by atoms with Crippen LogP contribution < -0.4 is 10.6 Å². The third kappa shape index (κ3) is 3.98. The van der Waals surface area contributed by atoms with Crippen molar-refractivity contribution < 1.29 is 14.0 Å². The number of hydrogen-bond acceptors (Lipinski definition) is 3. The lowest BCUT2D eigenvalue weighted by Gasteiger charge is -2.31. The minimum atomic E-state index is -0.436. The summed E-state index contributed by atoms with van der Waals surface area (Å²) >= 11 is 0. The van der Waals surface area contributed by atoms with Gasteiger partial charge in [-0.15, -0.1) is 0 Å². The lowest BCUT2D eigenvalue weighted by atomic mass is 9.83. The first kappa shape index (κ1) is 19.4. The van der Waals surface area contributed by atoms with Gasteiger partial charge in [-0.3, -0.25) is 9.59 Å². The van der Waals surface area contributed by atoms with Gasteiger partial charge in [0.2, 0.25) is 5.91 Å². The molecule has 1 aromatic carbocycles. The number of benzene rings is 1. The Morgan fingerprint density at radius 2 is 1.97 bits per heavy atom. The van der Waals surface area contributed by atoms with Crippen molar-refractivity contribution in [2.45, 2.75) is 50.6 Å². The summed E-state index contributed by atoms with van der Waals surface area (Å²) in [6.07, 6.45) is 5.25. The third-order valence-electron chi connectivity index (χ3n) is 6.19. The Morgan fingerprint density at radius 3 is 2.69 bits per heavy atom. The first-order valence-electron chi connectivity index (χ1n) is 10.2. The van der Waals surface area contributed by atoms with E-state index in [2.05, 4.69) is 16.7 Å². The standard InChI is InChI=1S/C22H25FN4O2/c1-27-19-11-15(23)9-8-14(19)10-20(27)22(29)25-17-5-3-2-4-16(17)21(28)26-18(12-24)13-6-7-13/h8-11,13,16-18H,2-7H2,1H3,(H,25,29)(H,26,28)/t16-,17+,18-/m1/s1. The molecule has 1 aromatic heterocycles. The van der Waals surface area contributed by atoms with Crippen LogP contribution >= 0.6 is 0 Å². The molecule has 2 N–H and O–H groups in total. The molecule has 3 atom stereocenters. The van der Waals surface area contributed by atoms with E-state index in [4.69, 9.17) is 0 Å². The second kappa shape index (κ2) is 7.86. The van der Waals surface area contributed by atoms with Gasteiger partial charge in [0, 0.05) is 18.5 Å². The number of rotatable bonds is 5. The third-order valence-corrected chi connectivity index (χ3v) is 6.19. The summed E-state index contributed by atoms with van der Waals surface area (Å²) in [4.78, 5) is 25.8. The van der Waals surface area contributed by atoms with Crippen molar-refractivity contribution in [2.24, 2.45) is 18.9 Å². The molecule has 7 heteroatoms. The van der Waals surface area contributed by atoms with Gasteiger partial charge >= 0.3 is 0 Å². The molecule has 0 bridgehead atoms. The van der Waals surface area contributed by atoms with Gasteiger partial charge in [0.05, 0.1) is 17.5 Å². The number of fused-ring (bicyclic) bond motifs is 1. The maximum absolute atomic E-state index is 13.6. The average molecular weight is 396 g/mol. The van der Waals surface area contributed by atoms with Gasteiger partial charge in [-0.1, -0.05) is 12.8 Å². The number of nitrogens with zero attached hydrogens (tertiary/aromatic N) is 2. The van der Waals surface area contributed by atoms with E-state index in [0.717, 1.165) is 37.5 Å². The van der Waals surface area contributed by atoms with Crippen molar-refractivity contribution in [1.29, 1.82) is 5.26 Å². The van der Waals surface area contributed by atoms with Crippen LogP contribution in [0.4, 0.5) is 4.39 Å². The molecule has 2 aliphatic carbocycles. The van der Waals surface area contributed by atoms with Crippen molar-refractivity contribution in [1.82, 2.24) is 15.2 Å². The second-order valence-electron chi connectivity index (χ2n) is 8.22. The number of carbonyl (C=O) groups excluding carboxylic acids is 2. The fourth-order valence-corrected chi connectivity index (χ4v) is 4.33. The molecule has 4 rings (SSSR count).